The van der Waals surface area contributed by atoms with Crippen LogP contribution in [-0.2, 0) is 0 Å². The molecular weight excluding hydrogens is 393 g/mol. The lowest BCUT2D eigenvalue weighted by Gasteiger charge is -2.44. The molecule has 2 amide bonds. The monoisotopic (exact) mass is 427 g/mol. The van der Waals surface area contributed by atoms with Crippen LogP contribution in [-0.4, -0.2) is 62.3 Å². The molecule has 6 nitrogen and oxygen atoms in total. The molecule has 2 aliphatic rings. The van der Waals surface area contributed by atoms with E-state index in [0.29, 0.717) is 24.1 Å². The van der Waals surface area contributed by atoms with Crippen molar-refractivity contribution in [1.29, 1.82) is 0 Å². The van der Waals surface area contributed by atoms with Crippen molar-refractivity contribution in [1.82, 2.24) is 15.1 Å². The molecule has 0 atom stereocenters. The topological polar surface area (TPSA) is 51.2 Å². The van der Waals surface area contributed by atoms with Gasteiger partial charge in [0.2, 0.25) is 0 Å². The van der Waals surface area contributed by atoms with Gasteiger partial charge >= 0.3 is 6.03 Å². The number of rotatable bonds is 6. The van der Waals surface area contributed by atoms with Crippen molar-refractivity contribution in [2.45, 2.75) is 51.6 Å². The molecule has 1 aromatic rings. The highest BCUT2D eigenvalue weighted by Crippen LogP contribution is 2.36. The summed E-state index contributed by atoms with van der Waals surface area (Å²) in [6, 6.07) is 5.33. The molecule has 168 valence electrons. The highest BCUT2D eigenvalue weighted by molar-refractivity contribution is 5.96. The Labute approximate surface area is 185 Å². The van der Waals surface area contributed by atoms with Gasteiger partial charge in [-0.15, -0.1) is 0 Å². The van der Waals surface area contributed by atoms with Gasteiger partial charge in [0.1, 0.15) is 11.6 Å². The van der Waals surface area contributed by atoms with Gasteiger partial charge in [-0.1, -0.05) is 12.1 Å². The number of carbonyl (C=O) groups excluding carboxylic acids is 1. The molecule has 0 unspecified atom stereocenters. The summed E-state index contributed by atoms with van der Waals surface area (Å²) in [4.78, 5) is 23.5. The number of amides is 2. The van der Waals surface area contributed by atoms with Crippen molar-refractivity contribution in [2.24, 2.45) is 4.99 Å². The summed E-state index contributed by atoms with van der Waals surface area (Å²) >= 11 is 0. The number of nitrogens with one attached hydrogen (secondary N) is 1. The van der Waals surface area contributed by atoms with Gasteiger partial charge in [0.05, 0.1) is 17.9 Å². The van der Waals surface area contributed by atoms with Crippen molar-refractivity contribution >= 4 is 18.4 Å². The fraction of sp³-hybridized carbons (Fsp3) is 0.500. The van der Waals surface area contributed by atoms with E-state index in [9.17, 15) is 9.18 Å². The lowest BCUT2D eigenvalue weighted by Crippen LogP contribution is -2.54. The number of benzene rings is 1. The number of aliphatic imine (C=N–C) groups is 1. The van der Waals surface area contributed by atoms with Crippen molar-refractivity contribution in [2.75, 3.05) is 32.6 Å². The van der Waals surface area contributed by atoms with E-state index in [2.05, 4.69) is 36.0 Å². The van der Waals surface area contributed by atoms with Crippen LogP contribution in [0.15, 0.2) is 46.4 Å². The summed E-state index contributed by atoms with van der Waals surface area (Å²) in [6.45, 7) is 7.80. The summed E-state index contributed by atoms with van der Waals surface area (Å²) in [6.07, 6.45) is 5.73. The van der Waals surface area contributed by atoms with E-state index >= 15 is 0 Å². The molecule has 0 bridgehead atoms. The number of anilines is 1. The normalized spacial score (nSPS) is 22.9. The largest absolute Gasteiger partial charge is 0.373 e. The van der Waals surface area contributed by atoms with Gasteiger partial charge in [-0.05, 0) is 77.5 Å². The predicted molar refractivity (Wildman–Crippen MR) is 125 cm³/mol. The first kappa shape index (κ1) is 23.0. The Kier molecular flexibility index (Phi) is 7.15. The number of urea groups is 1. The third kappa shape index (κ3) is 4.66. The maximum absolute atomic E-state index is 14.8. The van der Waals surface area contributed by atoms with E-state index in [-0.39, 0.29) is 17.9 Å². The van der Waals surface area contributed by atoms with Crippen LogP contribution in [0.1, 0.15) is 38.2 Å². The zero-order valence-electron chi connectivity index (χ0n) is 19.3. The smallest absolute Gasteiger partial charge is 0.329 e. The maximum Gasteiger partial charge on any atom is 0.329 e. The Morgan fingerprint density at radius 2 is 1.94 bits per heavy atom. The van der Waals surface area contributed by atoms with Crippen molar-refractivity contribution < 1.29 is 9.18 Å². The van der Waals surface area contributed by atoms with Gasteiger partial charge in [0.15, 0.2) is 0 Å². The molecule has 1 heterocycles. The molecule has 1 fully saturated rings. The number of hydrogen-bond acceptors (Lipinski definition) is 4. The molecule has 1 saturated carbocycles. The number of aryl methyl sites for hydroxylation is 1. The molecule has 3 rings (SSSR count). The number of carbonyl (C=O) groups is 1. The quantitative estimate of drug-likeness (QED) is 0.690. The number of nitrogens with zero attached hydrogens (tertiary/aromatic N) is 4. The number of allylic oxidation sites excluding steroid dienone is 1. The Bertz CT molecular complexity index is 879. The third-order valence-corrected chi connectivity index (χ3v) is 6.45. The highest BCUT2D eigenvalue weighted by Gasteiger charge is 2.38. The molecule has 0 aromatic heterocycles. The molecule has 1 N–H and O–H groups in total. The molecule has 1 aliphatic heterocycles. The minimum atomic E-state index is -0.375. The number of hydrogen-bond donors (Lipinski definition) is 1. The Balaban J connectivity index is 2.04. The number of halogens is 1. The van der Waals surface area contributed by atoms with Gasteiger partial charge in [-0.2, -0.15) is 0 Å². The first-order chi connectivity index (χ1) is 14.8. The Hall–Kier alpha value is -2.67. The van der Waals surface area contributed by atoms with E-state index < -0.39 is 0 Å². The summed E-state index contributed by atoms with van der Waals surface area (Å²) in [7, 11) is 5.99. The summed E-state index contributed by atoms with van der Waals surface area (Å²) < 4.78 is 14.8. The van der Waals surface area contributed by atoms with Crippen molar-refractivity contribution in [3.8, 4) is 0 Å². The van der Waals surface area contributed by atoms with E-state index in [0.717, 1.165) is 42.5 Å². The molecular formula is C24H34FN5O. The number of para-hydroxylation sites is 1. The molecule has 31 heavy (non-hydrogen) atoms. The molecule has 1 aromatic carbocycles. The van der Waals surface area contributed by atoms with Crippen LogP contribution in [0.4, 0.5) is 14.9 Å². The second-order valence-electron chi connectivity index (χ2n) is 8.67. The van der Waals surface area contributed by atoms with Crippen molar-refractivity contribution in [3.05, 3.63) is 52.7 Å². The molecule has 1 aliphatic carbocycles. The lowest BCUT2D eigenvalue weighted by molar-refractivity contribution is 0.149. The standard InChI is InChI=1S/C24H34FN5O/c1-16-8-7-9-20(25)23(16)29-15-17(2)21(14-22(26-3)27-4)30(24(29)31)19-12-10-18(11-13-19)28(5)6/h7-9,14,18-19,27H,3,10-13,15H2,1-2,4-6H3/b22-14+. The average molecular weight is 428 g/mol. The summed E-state index contributed by atoms with van der Waals surface area (Å²) in [5.74, 6) is 0.227. The van der Waals surface area contributed by atoms with Gasteiger partial charge in [-0.25, -0.2) is 14.2 Å². The minimum absolute atomic E-state index is 0.0581. The molecule has 7 heteroatoms. The summed E-state index contributed by atoms with van der Waals surface area (Å²) in [5.41, 5.74) is 2.94. The van der Waals surface area contributed by atoms with Crippen LogP contribution in [0, 0.1) is 12.7 Å². The molecule has 0 saturated heterocycles. The molecule has 0 spiro atoms. The SMILES string of the molecule is C=N/C(=C\C1=C(C)CN(c2c(C)cccc2F)C(=O)N1C1CCC(N(C)C)CC1)NC. The second-order valence-corrected chi connectivity index (χ2v) is 8.67. The zero-order valence-corrected chi connectivity index (χ0v) is 19.3. The first-order valence-electron chi connectivity index (χ1n) is 10.9. The fourth-order valence-corrected chi connectivity index (χ4v) is 4.67. The van der Waals surface area contributed by atoms with E-state index in [1.807, 2.05) is 30.9 Å². The van der Waals surface area contributed by atoms with E-state index in [4.69, 9.17) is 0 Å². The van der Waals surface area contributed by atoms with Gasteiger partial charge in [-0.3, -0.25) is 9.80 Å². The van der Waals surface area contributed by atoms with E-state index in [1.54, 1.807) is 18.0 Å². The first-order valence-corrected chi connectivity index (χ1v) is 10.9. The highest BCUT2D eigenvalue weighted by atomic mass is 19.1. The van der Waals surface area contributed by atoms with Gasteiger partial charge in [0.25, 0.3) is 0 Å². The summed E-state index contributed by atoms with van der Waals surface area (Å²) in [5, 5.41) is 3.02. The van der Waals surface area contributed by atoms with Crippen LogP contribution in [0.2, 0.25) is 0 Å². The fourth-order valence-electron chi connectivity index (χ4n) is 4.67. The van der Waals surface area contributed by atoms with Gasteiger partial charge < -0.3 is 10.2 Å². The maximum atomic E-state index is 14.8. The third-order valence-electron chi connectivity index (χ3n) is 6.45. The zero-order chi connectivity index (χ0) is 22.7. The molecule has 0 radical (unpaired) electrons. The van der Waals surface area contributed by atoms with Crippen LogP contribution in [0.5, 0.6) is 0 Å². The van der Waals surface area contributed by atoms with E-state index in [1.165, 1.54) is 6.07 Å². The Morgan fingerprint density at radius 3 is 2.48 bits per heavy atom. The average Bonchev–Trinajstić information content (AvgIpc) is 2.74. The second kappa shape index (κ2) is 9.64. The van der Waals surface area contributed by atoms with Crippen LogP contribution >= 0.6 is 0 Å². The Morgan fingerprint density at radius 1 is 1.26 bits per heavy atom. The van der Waals surface area contributed by atoms with Crippen LogP contribution < -0.4 is 10.2 Å². The minimum Gasteiger partial charge on any atom is -0.373 e. The van der Waals surface area contributed by atoms with Crippen LogP contribution in [0.3, 0.4) is 0 Å². The van der Waals surface area contributed by atoms with Gasteiger partial charge in [0, 0.05) is 25.2 Å². The van der Waals surface area contributed by atoms with Crippen molar-refractivity contribution in [3.63, 3.8) is 0 Å². The predicted octanol–water partition coefficient (Wildman–Crippen LogP) is 4.28. The lowest BCUT2D eigenvalue weighted by atomic mass is 9.88. The van der Waals surface area contributed by atoms with Crippen LogP contribution in [0.25, 0.3) is 0 Å².